The van der Waals surface area contributed by atoms with E-state index in [1.165, 1.54) is 0 Å². The Hall–Kier alpha value is -3.68. The minimum absolute atomic E-state index is 0.285. The number of hydrogen-bond donors (Lipinski definition) is 1. The second-order valence-corrected chi connectivity index (χ2v) is 9.01. The van der Waals surface area contributed by atoms with Gasteiger partial charge in [-0.05, 0) is 44.5 Å². The molecule has 1 aliphatic rings. The first-order valence-electron chi connectivity index (χ1n) is 11.0. The van der Waals surface area contributed by atoms with Crippen LogP contribution in [0.2, 0.25) is 0 Å². The van der Waals surface area contributed by atoms with Gasteiger partial charge in [0, 0.05) is 43.5 Å². The van der Waals surface area contributed by atoms with Crippen LogP contribution in [0.1, 0.15) is 20.8 Å². The quantitative estimate of drug-likeness (QED) is 0.578. The molecule has 8 nitrogen and oxygen atoms in total. The number of aromatic nitrogens is 1. The van der Waals surface area contributed by atoms with Crippen molar-refractivity contribution < 1.29 is 18.8 Å². The third-order valence-corrected chi connectivity index (χ3v) is 5.46. The third kappa shape index (κ3) is 5.05. The summed E-state index contributed by atoms with van der Waals surface area (Å²) in [4.78, 5) is 16.1. The molecule has 1 aliphatic heterocycles. The Morgan fingerprint density at radius 1 is 1.03 bits per heavy atom. The molecule has 1 saturated heterocycles. The summed E-state index contributed by atoms with van der Waals surface area (Å²) in [6.07, 6.45) is -0.285. The second-order valence-electron chi connectivity index (χ2n) is 9.01. The van der Waals surface area contributed by atoms with Gasteiger partial charge < -0.3 is 29.5 Å². The molecule has 3 aromatic rings. The molecule has 2 aromatic carbocycles. The average Bonchev–Trinajstić information content (AvgIpc) is 3.28. The second kappa shape index (κ2) is 9.05. The Morgan fingerprint density at radius 2 is 1.70 bits per heavy atom. The number of methoxy groups -OCH3 is 1. The predicted octanol–water partition coefficient (Wildman–Crippen LogP) is 4.66. The first-order chi connectivity index (χ1) is 15.7. The van der Waals surface area contributed by atoms with Crippen molar-refractivity contribution in [2.75, 3.05) is 43.9 Å². The average molecular weight is 451 g/mol. The number of anilines is 2. The summed E-state index contributed by atoms with van der Waals surface area (Å²) in [6, 6.07) is 15.5. The fourth-order valence-electron chi connectivity index (χ4n) is 3.83. The lowest BCUT2D eigenvalue weighted by Crippen LogP contribution is -2.50. The number of para-hydroxylation sites is 1. The number of carbonyl (C=O) groups is 1. The summed E-state index contributed by atoms with van der Waals surface area (Å²) >= 11 is 0. The lowest BCUT2D eigenvalue weighted by Gasteiger charge is -2.35. The van der Waals surface area contributed by atoms with Crippen LogP contribution in [0.15, 0.2) is 53.1 Å². The number of rotatable bonds is 4. The largest absolute Gasteiger partial charge is 0.495 e. The highest BCUT2D eigenvalue weighted by atomic mass is 16.6. The van der Waals surface area contributed by atoms with Gasteiger partial charge in [-0.1, -0.05) is 29.4 Å². The molecule has 0 radical (unpaired) electrons. The SMILES string of the molecule is COc1c(-c2ccc(N)cc2)cccc1-c1cc(N2CCN(C(=O)OC(C)(C)C)CC2)no1. The van der Waals surface area contributed by atoms with E-state index >= 15 is 0 Å². The zero-order chi connectivity index (χ0) is 23.6. The highest BCUT2D eigenvalue weighted by Crippen LogP contribution is 2.40. The van der Waals surface area contributed by atoms with E-state index < -0.39 is 5.60 Å². The van der Waals surface area contributed by atoms with Gasteiger partial charge in [0.1, 0.15) is 11.4 Å². The lowest BCUT2D eigenvalue weighted by molar-refractivity contribution is 0.0240. The molecule has 174 valence electrons. The highest BCUT2D eigenvalue weighted by molar-refractivity contribution is 5.81. The molecule has 1 aromatic heterocycles. The van der Waals surface area contributed by atoms with Gasteiger partial charge >= 0.3 is 6.09 Å². The van der Waals surface area contributed by atoms with E-state index in [0.717, 1.165) is 22.5 Å². The number of piperazine rings is 1. The normalized spacial score (nSPS) is 14.3. The monoisotopic (exact) mass is 450 g/mol. The number of benzene rings is 2. The number of nitrogens with zero attached hydrogens (tertiary/aromatic N) is 3. The van der Waals surface area contributed by atoms with Crippen LogP contribution < -0.4 is 15.4 Å². The van der Waals surface area contributed by atoms with Crippen molar-refractivity contribution in [1.82, 2.24) is 10.1 Å². The fraction of sp³-hybridized carbons (Fsp3) is 0.360. The van der Waals surface area contributed by atoms with E-state index in [-0.39, 0.29) is 6.09 Å². The van der Waals surface area contributed by atoms with Crippen LogP contribution in [0.3, 0.4) is 0 Å². The topological polar surface area (TPSA) is 94.1 Å². The standard InChI is InChI=1S/C25H30N4O4/c1-25(2,3)32-24(30)29-14-12-28(13-15-29)22-16-21(33-27-22)20-7-5-6-19(23(20)31-4)17-8-10-18(26)11-9-17/h5-11,16H,12-15,26H2,1-4H3. The number of hydrogen-bond acceptors (Lipinski definition) is 7. The number of nitrogen functional groups attached to an aromatic ring is 1. The van der Waals surface area contributed by atoms with Gasteiger partial charge in [-0.3, -0.25) is 0 Å². The van der Waals surface area contributed by atoms with Crippen LogP contribution in [-0.2, 0) is 4.74 Å². The smallest absolute Gasteiger partial charge is 0.410 e. The first-order valence-corrected chi connectivity index (χ1v) is 11.0. The summed E-state index contributed by atoms with van der Waals surface area (Å²) in [5, 5.41) is 4.28. The van der Waals surface area contributed by atoms with Crippen LogP contribution in [0.5, 0.6) is 5.75 Å². The Balaban J connectivity index is 1.51. The van der Waals surface area contributed by atoms with Crippen LogP contribution in [0, 0.1) is 0 Å². The maximum Gasteiger partial charge on any atom is 0.410 e. The van der Waals surface area contributed by atoms with Crippen molar-refractivity contribution in [3.8, 4) is 28.2 Å². The number of amides is 1. The van der Waals surface area contributed by atoms with Crippen LogP contribution in [0.25, 0.3) is 22.5 Å². The van der Waals surface area contributed by atoms with Crippen molar-refractivity contribution in [3.05, 3.63) is 48.5 Å². The van der Waals surface area contributed by atoms with Crippen molar-refractivity contribution >= 4 is 17.6 Å². The Labute approximate surface area is 193 Å². The minimum atomic E-state index is -0.505. The van der Waals surface area contributed by atoms with Crippen molar-refractivity contribution in [1.29, 1.82) is 0 Å². The van der Waals surface area contributed by atoms with Crippen LogP contribution in [0.4, 0.5) is 16.3 Å². The van der Waals surface area contributed by atoms with E-state index in [1.807, 2.05) is 69.3 Å². The Morgan fingerprint density at radius 3 is 2.33 bits per heavy atom. The minimum Gasteiger partial charge on any atom is -0.495 e. The number of nitrogens with two attached hydrogens (primary N) is 1. The van der Waals surface area contributed by atoms with E-state index in [4.69, 9.17) is 19.7 Å². The number of ether oxygens (including phenoxy) is 2. The van der Waals surface area contributed by atoms with E-state index in [2.05, 4.69) is 10.1 Å². The molecular weight excluding hydrogens is 420 g/mol. The summed E-state index contributed by atoms with van der Waals surface area (Å²) in [7, 11) is 1.65. The molecule has 0 unspecified atom stereocenters. The summed E-state index contributed by atoms with van der Waals surface area (Å²) in [5.74, 6) is 2.06. The summed E-state index contributed by atoms with van der Waals surface area (Å²) < 4.78 is 16.9. The molecule has 2 heterocycles. The van der Waals surface area contributed by atoms with Gasteiger partial charge in [0.2, 0.25) is 0 Å². The van der Waals surface area contributed by atoms with E-state index in [9.17, 15) is 4.79 Å². The molecule has 0 spiro atoms. The van der Waals surface area contributed by atoms with Crippen molar-refractivity contribution in [2.24, 2.45) is 0 Å². The van der Waals surface area contributed by atoms with Gasteiger partial charge in [0.15, 0.2) is 11.6 Å². The van der Waals surface area contributed by atoms with Gasteiger partial charge in [-0.25, -0.2) is 4.79 Å². The molecule has 33 heavy (non-hydrogen) atoms. The van der Waals surface area contributed by atoms with Crippen LogP contribution >= 0.6 is 0 Å². The third-order valence-electron chi connectivity index (χ3n) is 5.46. The summed E-state index contributed by atoms with van der Waals surface area (Å²) in [5.41, 5.74) is 8.80. The molecule has 1 fully saturated rings. The maximum atomic E-state index is 12.3. The van der Waals surface area contributed by atoms with E-state index in [0.29, 0.717) is 43.4 Å². The molecule has 1 amide bonds. The molecule has 8 heteroatoms. The van der Waals surface area contributed by atoms with Crippen LogP contribution in [-0.4, -0.2) is 55.0 Å². The van der Waals surface area contributed by atoms with Gasteiger partial charge in [-0.2, -0.15) is 0 Å². The summed E-state index contributed by atoms with van der Waals surface area (Å²) in [6.45, 7) is 8.03. The maximum absolute atomic E-state index is 12.3. The molecule has 0 atom stereocenters. The lowest BCUT2D eigenvalue weighted by atomic mass is 10.00. The molecule has 0 saturated carbocycles. The Kier molecular flexibility index (Phi) is 6.18. The van der Waals surface area contributed by atoms with Gasteiger partial charge in [0.25, 0.3) is 0 Å². The Bertz CT molecular complexity index is 1110. The highest BCUT2D eigenvalue weighted by Gasteiger charge is 2.27. The molecular formula is C25H30N4O4. The number of carbonyl (C=O) groups excluding carboxylic acids is 1. The fourth-order valence-corrected chi connectivity index (χ4v) is 3.83. The zero-order valence-electron chi connectivity index (χ0n) is 19.5. The van der Waals surface area contributed by atoms with Crippen molar-refractivity contribution in [2.45, 2.75) is 26.4 Å². The van der Waals surface area contributed by atoms with E-state index in [1.54, 1.807) is 12.0 Å². The molecule has 2 N–H and O–H groups in total. The zero-order valence-corrected chi connectivity index (χ0v) is 19.5. The molecule has 4 rings (SSSR count). The predicted molar refractivity (Wildman–Crippen MR) is 128 cm³/mol. The van der Waals surface area contributed by atoms with Gasteiger partial charge in [-0.15, -0.1) is 0 Å². The molecule has 0 bridgehead atoms. The first kappa shape index (κ1) is 22.5. The molecule has 0 aliphatic carbocycles. The van der Waals surface area contributed by atoms with Gasteiger partial charge in [0.05, 0.1) is 12.7 Å². The van der Waals surface area contributed by atoms with Crippen molar-refractivity contribution in [3.63, 3.8) is 0 Å².